The maximum Gasteiger partial charge on any atom is 0.303 e. The van der Waals surface area contributed by atoms with E-state index in [1.807, 2.05) is 26.8 Å². The number of carbonyl (C=O) groups is 2. The van der Waals surface area contributed by atoms with Crippen LogP contribution in [0.1, 0.15) is 61.1 Å². The number of carboxylic acids is 1. The van der Waals surface area contributed by atoms with Gasteiger partial charge in [0.25, 0.3) is 0 Å². The molecule has 3 heterocycles. The smallest absolute Gasteiger partial charge is 0.303 e. The van der Waals surface area contributed by atoms with Crippen molar-refractivity contribution in [3.05, 3.63) is 29.0 Å². The minimum atomic E-state index is -0.968. The first kappa shape index (κ1) is 19.0. The molecule has 0 aromatic carbocycles. The number of amides is 1. The monoisotopic (exact) mass is 372 g/mol. The van der Waals surface area contributed by atoms with Crippen LogP contribution in [0, 0.1) is 20.8 Å². The van der Waals surface area contributed by atoms with Crippen molar-refractivity contribution in [2.45, 2.75) is 58.9 Å². The molecule has 1 aliphatic rings. The van der Waals surface area contributed by atoms with Gasteiger partial charge in [0.1, 0.15) is 5.76 Å². The summed E-state index contributed by atoms with van der Waals surface area (Å²) < 4.78 is 5.26. The van der Waals surface area contributed by atoms with E-state index in [4.69, 9.17) is 14.6 Å². The van der Waals surface area contributed by atoms with Crippen LogP contribution >= 0.6 is 0 Å². The van der Waals surface area contributed by atoms with Gasteiger partial charge in [-0.3, -0.25) is 9.59 Å². The third kappa shape index (κ3) is 4.15. The van der Waals surface area contributed by atoms with Crippen LogP contribution in [0.25, 0.3) is 11.3 Å². The van der Waals surface area contributed by atoms with Crippen molar-refractivity contribution < 1.29 is 19.2 Å². The number of aromatic nitrogens is 3. The van der Waals surface area contributed by atoms with Crippen molar-refractivity contribution in [3.8, 4) is 11.3 Å². The lowest BCUT2D eigenvalue weighted by molar-refractivity contribution is -0.142. The van der Waals surface area contributed by atoms with Crippen molar-refractivity contribution in [3.63, 3.8) is 0 Å². The molecule has 8 heteroatoms. The fraction of sp³-hybridized carbons (Fsp3) is 0.526. The summed E-state index contributed by atoms with van der Waals surface area (Å²) in [5, 5.41) is 12.9. The van der Waals surface area contributed by atoms with Crippen LogP contribution in [-0.2, 0) is 9.59 Å². The van der Waals surface area contributed by atoms with E-state index in [1.54, 1.807) is 4.90 Å². The summed E-state index contributed by atoms with van der Waals surface area (Å²) in [7, 11) is 0. The van der Waals surface area contributed by atoms with Crippen LogP contribution in [0.15, 0.2) is 10.6 Å². The Balaban J connectivity index is 1.93. The Morgan fingerprint density at radius 1 is 1.22 bits per heavy atom. The molecule has 2 aromatic rings. The second-order valence-electron chi connectivity index (χ2n) is 6.94. The van der Waals surface area contributed by atoms with E-state index in [2.05, 4.69) is 10.1 Å². The number of piperidine rings is 1. The molecule has 0 radical (unpaired) electrons. The predicted molar refractivity (Wildman–Crippen MR) is 96.9 cm³/mol. The predicted octanol–water partition coefficient (Wildman–Crippen LogP) is 2.98. The SMILES string of the molecule is Cc1cc(-c2c(C)noc2C)nc([C@H]2CCCCN2C(=O)CCC(=O)O)n1. The minimum Gasteiger partial charge on any atom is -0.481 e. The highest BCUT2D eigenvalue weighted by atomic mass is 16.5. The molecule has 0 spiro atoms. The maximum atomic E-state index is 12.6. The molecule has 144 valence electrons. The molecule has 0 saturated carbocycles. The lowest BCUT2D eigenvalue weighted by Gasteiger charge is -2.35. The largest absolute Gasteiger partial charge is 0.481 e. The molecule has 1 aliphatic heterocycles. The third-order valence-corrected chi connectivity index (χ3v) is 4.83. The van der Waals surface area contributed by atoms with Gasteiger partial charge in [-0.15, -0.1) is 0 Å². The number of rotatable bonds is 5. The number of carboxylic acid groups (broad SMARTS) is 1. The number of aryl methyl sites for hydroxylation is 3. The van der Waals surface area contributed by atoms with Crippen LogP contribution in [0.3, 0.4) is 0 Å². The average Bonchev–Trinajstić information content (AvgIpc) is 2.97. The maximum absolute atomic E-state index is 12.6. The summed E-state index contributed by atoms with van der Waals surface area (Å²) in [6.45, 7) is 6.20. The van der Waals surface area contributed by atoms with E-state index in [0.29, 0.717) is 18.1 Å². The van der Waals surface area contributed by atoms with Crippen LogP contribution < -0.4 is 0 Å². The van der Waals surface area contributed by atoms with E-state index < -0.39 is 5.97 Å². The molecule has 1 fully saturated rings. The van der Waals surface area contributed by atoms with Gasteiger partial charge in [0, 0.05) is 18.7 Å². The fourth-order valence-electron chi connectivity index (χ4n) is 3.57. The fourth-order valence-corrected chi connectivity index (χ4v) is 3.57. The Kier molecular flexibility index (Phi) is 5.53. The molecule has 0 unspecified atom stereocenters. The van der Waals surface area contributed by atoms with Gasteiger partial charge in [-0.2, -0.15) is 0 Å². The highest BCUT2D eigenvalue weighted by molar-refractivity contribution is 5.81. The summed E-state index contributed by atoms with van der Waals surface area (Å²) in [5.41, 5.74) is 3.15. The number of hydrogen-bond donors (Lipinski definition) is 1. The Labute approximate surface area is 157 Å². The molecule has 2 aromatic heterocycles. The molecule has 0 aliphatic carbocycles. The summed E-state index contributed by atoms with van der Waals surface area (Å²) in [6.07, 6.45) is 2.47. The molecule has 8 nitrogen and oxygen atoms in total. The second-order valence-corrected chi connectivity index (χ2v) is 6.94. The molecular weight excluding hydrogens is 348 g/mol. The number of aliphatic carboxylic acids is 1. The molecular formula is C19H24N4O4. The first-order valence-corrected chi connectivity index (χ1v) is 9.17. The Morgan fingerprint density at radius 2 is 2.00 bits per heavy atom. The number of carbonyl (C=O) groups excluding carboxylic acids is 1. The molecule has 3 rings (SSSR count). The van der Waals surface area contributed by atoms with E-state index in [-0.39, 0.29) is 24.8 Å². The van der Waals surface area contributed by atoms with Gasteiger partial charge in [-0.25, -0.2) is 9.97 Å². The van der Waals surface area contributed by atoms with Gasteiger partial charge < -0.3 is 14.5 Å². The average molecular weight is 372 g/mol. The van der Waals surface area contributed by atoms with Crippen LogP contribution in [-0.4, -0.2) is 43.6 Å². The highest BCUT2D eigenvalue weighted by Crippen LogP contribution is 2.32. The van der Waals surface area contributed by atoms with Gasteiger partial charge in [-0.1, -0.05) is 5.16 Å². The van der Waals surface area contributed by atoms with Crippen molar-refractivity contribution in [2.24, 2.45) is 0 Å². The van der Waals surface area contributed by atoms with Gasteiger partial charge in [0.2, 0.25) is 5.91 Å². The van der Waals surface area contributed by atoms with Crippen molar-refractivity contribution in [1.29, 1.82) is 0 Å². The van der Waals surface area contributed by atoms with Crippen molar-refractivity contribution in [2.75, 3.05) is 6.54 Å². The van der Waals surface area contributed by atoms with E-state index >= 15 is 0 Å². The Bertz CT molecular complexity index is 842. The van der Waals surface area contributed by atoms with Crippen LogP contribution in [0.4, 0.5) is 0 Å². The van der Waals surface area contributed by atoms with Crippen LogP contribution in [0.2, 0.25) is 0 Å². The lowest BCUT2D eigenvalue weighted by atomic mass is 10.00. The van der Waals surface area contributed by atoms with Gasteiger partial charge in [-0.05, 0) is 46.1 Å². The standard InChI is InChI=1S/C19H24N4O4/c1-11-10-14(18-12(2)22-27-13(18)3)21-19(20-11)15-6-4-5-9-23(15)16(24)7-8-17(25)26/h10,15H,4-9H2,1-3H3,(H,25,26)/t15-/m1/s1. The zero-order chi connectivity index (χ0) is 19.6. The molecule has 1 saturated heterocycles. The van der Waals surface area contributed by atoms with E-state index in [9.17, 15) is 9.59 Å². The number of likely N-dealkylation sites (tertiary alicyclic amines) is 1. The summed E-state index contributed by atoms with van der Waals surface area (Å²) in [4.78, 5) is 34.4. The molecule has 1 amide bonds. The first-order chi connectivity index (χ1) is 12.9. The van der Waals surface area contributed by atoms with E-state index in [1.165, 1.54) is 0 Å². The zero-order valence-electron chi connectivity index (χ0n) is 15.9. The normalized spacial score (nSPS) is 17.1. The Morgan fingerprint density at radius 3 is 2.67 bits per heavy atom. The van der Waals surface area contributed by atoms with Crippen molar-refractivity contribution >= 4 is 11.9 Å². The molecule has 1 N–H and O–H groups in total. The van der Waals surface area contributed by atoms with Gasteiger partial charge in [0.15, 0.2) is 5.82 Å². The third-order valence-electron chi connectivity index (χ3n) is 4.83. The molecule has 0 bridgehead atoms. The Hall–Kier alpha value is -2.77. The van der Waals surface area contributed by atoms with Crippen molar-refractivity contribution in [1.82, 2.24) is 20.0 Å². The quantitative estimate of drug-likeness (QED) is 0.859. The summed E-state index contributed by atoms with van der Waals surface area (Å²) in [5.74, 6) is 0.151. The second kappa shape index (κ2) is 7.85. The van der Waals surface area contributed by atoms with Gasteiger partial charge >= 0.3 is 5.97 Å². The van der Waals surface area contributed by atoms with Gasteiger partial charge in [0.05, 0.1) is 29.4 Å². The van der Waals surface area contributed by atoms with Crippen LogP contribution in [0.5, 0.6) is 0 Å². The zero-order valence-corrected chi connectivity index (χ0v) is 15.9. The summed E-state index contributed by atoms with van der Waals surface area (Å²) in [6, 6.07) is 1.65. The molecule has 27 heavy (non-hydrogen) atoms. The lowest BCUT2D eigenvalue weighted by Crippen LogP contribution is -2.39. The first-order valence-electron chi connectivity index (χ1n) is 9.17. The highest BCUT2D eigenvalue weighted by Gasteiger charge is 2.30. The van der Waals surface area contributed by atoms with E-state index in [0.717, 1.165) is 41.9 Å². The topological polar surface area (TPSA) is 109 Å². The minimum absolute atomic E-state index is 0.00558. The number of hydrogen-bond acceptors (Lipinski definition) is 6. The summed E-state index contributed by atoms with van der Waals surface area (Å²) >= 11 is 0. The molecule has 1 atom stereocenters. The number of nitrogens with zero attached hydrogens (tertiary/aromatic N) is 4.